The van der Waals surface area contributed by atoms with Crippen molar-refractivity contribution in [3.8, 4) is 0 Å². The van der Waals surface area contributed by atoms with E-state index >= 15 is 0 Å². The molecule has 19 heavy (non-hydrogen) atoms. The molecule has 3 rings (SSSR count). The molecule has 0 saturated heterocycles. The summed E-state index contributed by atoms with van der Waals surface area (Å²) in [6.45, 7) is 1.96. The summed E-state index contributed by atoms with van der Waals surface area (Å²) >= 11 is 0. The smallest absolute Gasteiger partial charge is 0.149 e. The van der Waals surface area contributed by atoms with Gasteiger partial charge in [-0.05, 0) is 30.2 Å². The number of nitrogens with two attached hydrogens (primary N) is 1. The zero-order valence-electron chi connectivity index (χ0n) is 10.6. The number of aromatic nitrogens is 3. The lowest BCUT2D eigenvalue weighted by Gasteiger charge is -2.13. The third-order valence-electron chi connectivity index (χ3n) is 3.09. The molecule has 4 nitrogen and oxygen atoms in total. The average molecular weight is 250 g/mol. The molecule has 2 aromatic heterocycles. The molecule has 0 aliphatic rings. The van der Waals surface area contributed by atoms with Crippen LogP contribution in [0.3, 0.4) is 0 Å². The zero-order chi connectivity index (χ0) is 13.2. The van der Waals surface area contributed by atoms with E-state index in [9.17, 15) is 0 Å². The van der Waals surface area contributed by atoms with Gasteiger partial charge in [0.15, 0.2) is 0 Å². The van der Waals surface area contributed by atoms with Crippen molar-refractivity contribution in [3.63, 3.8) is 0 Å². The highest BCUT2D eigenvalue weighted by Gasteiger charge is 2.14. The maximum Gasteiger partial charge on any atom is 0.149 e. The van der Waals surface area contributed by atoms with Crippen LogP contribution in [0.25, 0.3) is 10.9 Å². The summed E-state index contributed by atoms with van der Waals surface area (Å²) in [4.78, 5) is 12.9. The number of aryl methyl sites for hydroxylation is 1. The van der Waals surface area contributed by atoms with Gasteiger partial charge in [-0.15, -0.1) is 0 Å². The van der Waals surface area contributed by atoms with Gasteiger partial charge in [0.05, 0.1) is 11.6 Å². The second-order valence-electron chi connectivity index (χ2n) is 4.51. The first-order valence-electron chi connectivity index (χ1n) is 6.13. The molecule has 3 aromatic rings. The fourth-order valence-electron chi connectivity index (χ4n) is 2.10. The molecule has 0 saturated carbocycles. The second kappa shape index (κ2) is 4.74. The van der Waals surface area contributed by atoms with Gasteiger partial charge in [-0.25, -0.2) is 9.97 Å². The third-order valence-corrected chi connectivity index (χ3v) is 3.09. The summed E-state index contributed by atoms with van der Waals surface area (Å²) in [5.74, 6) is 0.627. The SMILES string of the molecule is Cc1cnc(C(N)c2cccc3ncccc23)nc1. The molecule has 0 spiro atoms. The van der Waals surface area contributed by atoms with Crippen molar-refractivity contribution in [1.82, 2.24) is 15.0 Å². The van der Waals surface area contributed by atoms with Gasteiger partial charge in [0.25, 0.3) is 0 Å². The fraction of sp³-hybridized carbons (Fsp3) is 0.133. The Morgan fingerprint density at radius 1 is 1.00 bits per heavy atom. The predicted octanol–water partition coefficient (Wildman–Crippen LogP) is 2.38. The highest BCUT2D eigenvalue weighted by molar-refractivity contribution is 5.82. The van der Waals surface area contributed by atoms with Crippen molar-refractivity contribution >= 4 is 10.9 Å². The Balaban J connectivity index is 2.11. The summed E-state index contributed by atoms with van der Waals surface area (Å²) in [7, 11) is 0. The van der Waals surface area contributed by atoms with Gasteiger partial charge in [0.1, 0.15) is 5.82 Å². The van der Waals surface area contributed by atoms with Crippen LogP contribution in [-0.2, 0) is 0 Å². The maximum absolute atomic E-state index is 6.28. The molecular weight excluding hydrogens is 236 g/mol. The standard InChI is InChI=1S/C15H14N4/c1-10-8-18-15(19-9-10)14(16)12-4-2-6-13-11(12)5-3-7-17-13/h2-9,14H,16H2,1H3. The van der Waals surface area contributed by atoms with Gasteiger partial charge in [0, 0.05) is 24.0 Å². The van der Waals surface area contributed by atoms with Gasteiger partial charge in [0.2, 0.25) is 0 Å². The van der Waals surface area contributed by atoms with Gasteiger partial charge in [-0.1, -0.05) is 18.2 Å². The zero-order valence-corrected chi connectivity index (χ0v) is 10.6. The molecule has 2 N–H and O–H groups in total. The molecule has 94 valence electrons. The molecule has 0 radical (unpaired) electrons. The first kappa shape index (κ1) is 11.7. The number of hydrogen-bond acceptors (Lipinski definition) is 4. The Bertz CT molecular complexity index is 701. The van der Waals surface area contributed by atoms with Gasteiger partial charge < -0.3 is 5.73 Å². The fourth-order valence-corrected chi connectivity index (χ4v) is 2.10. The van der Waals surface area contributed by atoms with E-state index in [1.54, 1.807) is 18.6 Å². The number of fused-ring (bicyclic) bond motifs is 1. The molecule has 0 amide bonds. The van der Waals surface area contributed by atoms with Gasteiger partial charge >= 0.3 is 0 Å². The number of nitrogens with zero attached hydrogens (tertiary/aromatic N) is 3. The third kappa shape index (κ3) is 2.18. The summed E-state index contributed by atoms with van der Waals surface area (Å²) in [6, 6.07) is 9.52. The quantitative estimate of drug-likeness (QED) is 0.758. The van der Waals surface area contributed by atoms with Crippen molar-refractivity contribution < 1.29 is 0 Å². The average Bonchev–Trinajstić information content (AvgIpc) is 2.47. The molecule has 0 aliphatic carbocycles. The molecule has 0 bridgehead atoms. The maximum atomic E-state index is 6.28. The minimum Gasteiger partial charge on any atom is -0.318 e. The normalized spacial score (nSPS) is 12.5. The molecular formula is C15H14N4. The molecule has 1 aromatic carbocycles. The molecule has 0 aliphatic heterocycles. The highest BCUT2D eigenvalue weighted by Crippen LogP contribution is 2.24. The lowest BCUT2D eigenvalue weighted by Crippen LogP contribution is -2.15. The van der Waals surface area contributed by atoms with Crippen LogP contribution in [0.2, 0.25) is 0 Å². The van der Waals surface area contributed by atoms with Crippen LogP contribution in [0.1, 0.15) is 23.0 Å². The highest BCUT2D eigenvalue weighted by atomic mass is 14.9. The van der Waals surface area contributed by atoms with E-state index in [4.69, 9.17) is 5.73 Å². The largest absolute Gasteiger partial charge is 0.318 e. The molecule has 1 unspecified atom stereocenters. The summed E-state index contributed by atoms with van der Waals surface area (Å²) < 4.78 is 0. The Kier molecular flexibility index (Phi) is 2.93. The Morgan fingerprint density at radius 2 is 1.79 bits per heavy atom. The monoisotopic (exact) mass is 250 g/mol. The number of pyridine rings is 1. The summed E-state index contributed by atoms with van der Waals surface area (Å²) in [6.07, 6.45) is 5.34. The minimum atomic E-state index is -0.339. The first-order valence-corrected chi connectivity index (χ1v) is 6.13. The molecule has 2 heterocycles. The van der Waals surface area contributed by atoms with E-state index < -0.39 is 0 Å². The van der Waals surface area contributed by atoms with Crippen LogP contribution >= 0.6 is 0 Å². The number of benzene rings is 1. The van der Waals surface area contributed by atoms with Gasteiger partial charge in [-0.2, -0.15) is 0 Å². The second-order valence-corrected chi connectivity index (χ2v) is 4.51. The van der Waals surface area contributed by atoms with Crippen LogP contribution < -0.4 is 5.73 Å². The number of hydrogen-bond donors (Lipinski definition) is 1. The van der Waals surface area contributed by atoms with Crippen LogP contribution in [0.4, 0.5) is 0 Å². The minimum absolute atomic E-state index is 0.339. The van der Waals surface area contributed by atoms with E-state index in [-0.39, 0.29) is 6.04 Å². The Morgan fingerprint density at radius 3 is 2.58 bits per heavy atom. The van der Waals surface area contributed by atoms with E-state index in [0.717, 1.165) is 22.0 Å². The van der Waals surface area contributed by atoms with Crippen molar-refractivity contribution in [3.05, 3.63) is 65.9 Å². The van der Waals surface area contributed by atoms with Crippen molar-refractivity contribution in [2.45, 2.75) is 13.0 Å². The van der Waals surface area contributed by atoms with Crippen LogP contribution in [0.5, 0.6) is 0 Å². The molecule has 0 fully saturated rings. The van der Waals surface area contributed by atoms with E-state index in [2.05, 4.69) is 15.0 Å². The van der Waals surface area contributed by atoms with Crippen LogP contribution in [0.15, 0.2) is 48.9 Å². The van der Waals surface area contributed by atoms with Crippen LogP contribution in [-0.4, -0.2) is 15.0 Å². The Labute approximate surface area is 111 Å². The number of rotatable bonds is 2. The lowest BCUT2D eigenvalue weighted by atomic mass is 10.0. The summed E-state index contributed by atoms with van der Waals surface area (Å²) in [5, 5.41) is 1.04. The van der Waals surface area contributed by atoms with Crippen molar-refractivity contribution in [1.29, 1.82) is 0 Å². The summed E-state index contributed by atoms with van der Waals surface area (Å²) in [5.41, 5.74) is 9.23. The van der Waals surface area contributed by atoms with E-state index in [1.807, 2.05) is 37.3 Å². The molecule has 1 atom stereocenters. The topological polar surface area (TPSA) is 64.7 Å². The van der Waals surface area contributed by atoms with Gasteiger partial charge in [-0.3, -0.25) is 4.98 Å². The first-order chi connectivity index (χ1) is 9.25. The van der Waals surface area contributed by atoms with E-state index in [1.165, 1.54) is 0 Å². The van der Waals surface area contributed by atoms with Crippen LogP contribution in [0, 0.1) is 6.92 Å². The molecule has 4 heteroatoms. The van der Waals surface area contributed by atoms with Crippen molar-refractivity contribution in [2.24, 2.45) is 5.73 Å². The lowest BCUT2D eigenvalue weighted by molar-refractivity contribution is 0.783. The Hall–Kier alpha value is -2.33. The predicted molar refractivity (Wildman–Crippen MR) is 74.5 cm³/mol. The van der Waals surface area contributed by atoms with Crippen molar-refractivity contribution in [2.75, 3.05) is 0 Å². The van der Waals surface area contributed by atoms with E-state index in [0.29, 0.717) is 5.82 Å².